The van der Waals surface area contributed by atoms with Crippen LogP contribution in [0.2, 0.25) is 5.02 Å². The van der Waals surface area contributed by atoms with E-state index in [2.05, 4.69) is 4.98 Å². The highest BCUT2D eigenvalue weighted by molar-refractivity contribution is 6.32. The summed E-state index contributed by atoms with van der Waals surface area (Å²) in [6.45, 7) is 0. The standard InChI is InChI=1S/C13H15ClN4O/c1-19-10-5-4-8(6-9(10)14)11-12(15)18(16)13(17-11)7-2-3-7/h4-7H,2-3,15-16H2,1H3. The maximum absolute atomic E-state index is 6.12. The van der Waals surface area contributed by atoms with Gasteiger partial charge in [0.1, 0.15) is 17.3 Å². The Hall–Kier alpha value is -1.88. The Balaban J connectivity index is 2.06. The number of nitrogen functional groups attached to an aromatic ring is 2. The normalized spacial score (nSPS) is 14.6. The van der Waals surface area contributed by atoms with E-state index in [1.807, 2.05) is 6.07 Å². The largest absolute Gasteiger partial charge is 0.495 e. The maximum Gasteiger partial charge on any atom is 0.150 e. The molecule has 1 saturated carbocycles. The number of rotatable bonds is 3. The molecule has 1 aliphatic carbocycles. The fraction of sp³-hybridized carbons (Fsp3) is 0.308. The molecule has 1 aromatic carbocycles. The Labute approximate surface area is 116 Å². The molecule has 5 nitrogen and oxygen atoms in total. The highest BCUT2D eigenvalue weighted by Gasteiger charge is 2.30. The fourth-order valence-corrected chi connectivity index (χ4v) is 2.38. The molecule has 0 aliphatic heterocycles. The molecule has 4 N–H and O–H groups in total. The molecular weight excluding hydrogens is 264 g/mol. The van der Waals surface area contributed by atoms with Crippen LogP contribution in [0.4, 0.5) is 5.82 Å². The SMILES string of the molecule is COc1ccc(-c2nc(C3CC3)n(N)c2N)cc1Cl. The van der Waals surface area contributed by atoms with Crippen molar-refractivity contribution in [2.45, 2.75) is 18.8 Å². The predicted octanol–water partition coefficient (Wildman–Crippen LogP) is 2.39. The molecule has 0 unspecified atom stereocenters. The second-order valence-corrected chi connectivity index (χ2v) is 5.10. The zero-order valence-electron chi connectivity index (χ0n) is 10.6. The van der Waals surface area contributed by atoms with E-state index in [0.717, 1.165) is 24.2 Å². The van der Waals surface area contributed by atoms with Gasteiger partial charge in [0.25, 0.3) is 0 Å². The Kier molecular flexibility index (Phi) is 2.78. The zero-order chi connectivity index (χ0) is 13.6. The van der Waals surface area contributed by atoms with Gasteiger partial charge in [0.05, 0.1) is 12.1 Å². The minimum absolute atomic E-state index is 0.440. The van der Waals surface area contributed by atoms with E-state index in [1.54, 1.807) is 19.2 Å². The number of methoxy groups -OCH3 is 1. The lowest BCUT2D eigenvalue weighted by atomic mass is 10.1. The van der Waals surface area contributed by atoms with E-state index in [1.165, 1.54) is 4.68 Å². The van der Waals surface area contributed by atoms with Gasteiger partial charge in [0, 0.05) is 11.5 Å². The van der Waals surface area contributed by atoms with Crippen molar-refractivity contribution in [2.75, 3.05) is 18.7 Å². The van der Waals surface area contributed by atoms with Gasteiger partial charge in [-0.25, -0.2) is 9.66 Å². The molecule has 1 aliphatic rings. The number of nitrogens with two attached hydrogens (primary N) is 2. The Morgan fingerprint density at radius 3 is 2.74 bits per heavy atom. The number of hydrogen-bond acceptors (Lipinski definition) is 4. The van der Waals surface area contributed by atoms with Crippen molar-refractivity contribution < 1.29 is 4.74 Å². The summed E-state index contributed by atoms with van der Waals surface area (Å²) in [6.07, 6.45) is 2.24. The third kappa shape index (κ3) is 2.00. The highest BCUT2D eigenvalue weighted by atomic mass is 35.5. The van der Waals surface area contributed by atoms with Crippen molar-refractivity contribution >= 4 is 17.4 Å². The van der Waals surface area contributed by atoms with E-state index in [-0.39, 0.29) is 0 Å². The second-order valence-electron chi connectivity index (χ2n) is 4.70. The lowest BCUT2D eigenvalue weighted by Gasteiger charge is -2.05. The number of aromatic nitrogens is 2. The van der Waals surface area contributed by atoms with Gasteiger partial charge in [-0.15, -0.1) is 0 Å². The van der Waals surface area contributed by atoms with E-state index in [4.69, 9.17) is 27.9 Å². The van der Waals surface area contributed by atoms with Gasteiger partial charge in [-0.05, 0) is 31.0 Å². The summed E-state index contributed by atoms with van der Waals surface area (Å²) in [5, 5.41) is 0.527. The van der Waals surface area contributed by atoms with E-state index < -0.39 is 0 Å². The lowest BCUT2D eigenvalue weighted by molar-refractivity contribution is 0.415. The summed E-state index contributed by atoms with van der Waals surface area (Å²) >= 11 is 6.12. The van der Waals surface area contributed by atoms with Crippen LogP contribution < -0.4 is 16.3 Å². The summed E-state index contributed by atoms with van der Waals surface area (Å²) < 4.78 is 6.61. The third-order valence-corrected chi connectivity index (χ3v) is 3.64. The molecule has 3 rings (SSSR count). The van der Waals surface area contributed by atoms with Crippen LogP contribution in [0, 0.1) is 0 Å². The summed E-state index contributed by atoms with van der Waals surface area (Å²) in [5.41, 5.74) is 7.54. The van der Waals surface area contributed by atoms with E-state index >= 15 is 0 Å². The predicted molar refractivity (Wildman–Crippen MR) is 75.8 cm³/mol. The van der Waals surface area contributed by atoms with Crippen LogP contribution >= 0.6 is 11.6 Å². The minimum atomic E-state index is 0.440. The first-order valence-electron chi connectivity index (χ1n) is 6.09. The van der Waals surface area contributed by atoms with Crippen LogP contribution in [-0.4, -0.2) is 16.8 Å². The maximum atomic E-state index is 6.12. The number of nitrogens with zero attached hydrogens (tertiary/aromatic N) is 2. The van der Waals surface area contributed by atoms with Gasteiger partial charge in [0.15, 0.2) is 5.82 Å². The van der Waals surface area contributed by atoms with E-state index in [0.29, 0.717) is 28.2 Å². The van der Waals surface area contributed by atoms with Crippen molar-refractivity contribution in [1.82, 2.24) is 9.66 Å². The molecule has 0 atom stereocenters. The molecule has 0 bridgehead atoms. The van der Waals surface area contributed by atoms with Crippen molar-refractivity contribution in [2.24, 2.45) is 0 Å². The van der Waals surface area contributed by atoms with Crippen LogP contribution in [0.3, 0.4) is 0 Å². The van der Waals surface area contributed by atoms with Crippen molar-refractivity contribution in [1.29, 1.82) is 0 Å². The molecule has 1 heterocycles. The molecule has 100 valence electrons. The summed E-state index contributed by atoms with van der Waals surface area (Å²) in [5.74, 6) is 8.32. The Bertz CT molecular complexity index is 634. The summed E-state index contributed by atoms with van der Waals surface area (Å²) in [6, 6.07) is 5.46. The van der Waals surface area contributed by atoms with Crippen molar-refractivity contribution in [3.63, 3.8) is 0 Å². The van der Waals surface area contributed by atoms with Crippen LogP contribution in [0.15, 0.2) is 18.2 Å². The smallest absolute Gasteiger partial charge is 0.150 e. The first-order chi connectivity index (χ1) is 9.11. The molecule has 0 spiro atoms. The molecule has 19 heavy (non-hydrogen) atoms. The van der Waals surface area contributed by atoms with E-state index in [9.17, 15) is 0 Å². The van der Waals surface area contributed by atoms with Gasteiger partial charge in [-0.2, -0.15) is 0 Å². The number of anilines is 1. The first kappa shape index (κ1) is 12.2. The fourth-order valence-electron chi connectivity index (χ4n) is 2.12. The molecule has 1 aromatic heterocycles. The highest BCUT2D eigenvalue weighted by Crippen LogP contribution is 2.41. The summed E-state index contributed by atoms with van der Waals surface area (Å²) in [4.78, 5) is 4.55. The average molecular weight is 279 g/mol. The van der Waals surface area contributed by atoms with Gasteiger partial charge in [-0.3, -0.25) is 0 Å². The number of imidazole rings is 1. The van der Waals surface area contributed by atoms with Crippen LogP contribution in [0.25, 0.3) is 11.3 Å². The number of benzene rings is 1. The number of hydrogen-bond donors (Lipinski definition) is 2. The average Bonchev–Trinajstić information content (AvgIpc) is 3.19. The third-order valence-electron chi connectivity index (χ3n) is 3.34. The first-order valence-corrected chi connectivity index (χ1v) is 6.46. The molecule has 0 amide bonds. The van der Waals surface area contributed by atoms with Crippen LogP contribution in [-0.2, 0) is 0 Å². The minimum Gasteiger partial charge on any atom is -0.495 e. The topological polar surface area (TPSA) is 79.1 Å². The lowest BCUT2D eigenvalue weighted by Crippen LogP contribution is -2.14. The quantitative estimate of drug-likeness (QED) is 0.845. The Morgan fingerprint density at radius 1 is 1.42 bits per heavy atom. The summed E-state index contributed by atoms with van der Waals surface area (Å²) in [7, 11) is 1.58. The van der Waals surface area contributed by atoms with Gasteiger partial charge >= 0.3 is 0 Å². The van der Waals surface area contributed by atoms with Crippen LogP contribution in [0.5, 0.6) is 5.75 Å². The molecule has 0 saturated heterocycles. The number of ether oxygens (including phenoxy) is 1. The molecular formula is C13H15ClN4O. The van der Waals surface area contributed by atoms with Gasteiger partial charge in [-0.1, -0.05) is 11.6 Å². The molecule has 0 radical (unpaired) electrons. The zero-order valence-corrected chi connectivity index (χ0v) is 11.3. The van der Waals surface area contributed by atoms with Gasteiger partial charge in [0.2, 0.25) is 0 Å². The molecule has 6 heteroatoms. The second kappa shape index (κ2) is 4.35. The van der Waals surface area contributed by atoms with Crippen molar-refractivity contribution in [3.8, 4) is 17.0 Å². The van der Waals surface area contributed by atoms with Gasteiger partial charge < -0.3 is 16.3 Å². The molecule has 2 aromatic rings. The molecule has 1 fully saturated rings. The van der Waals surface area contributed by atoms with Crippen LogP contribution in [0.1, 0.15) is 24.6 Å². The monoisotopic (exact) mass is 278 g/mol. The van der Waals surface area contributed by atoms with Crippen molar-refractivity contribution in [3.05, 3.63) is 29.0 Å². The number of halogens is 1. The Morgan fingerprint density at radius 2 is 2.16 bits per heavy atom.